The van der Waals surface area contributed by atoms with Gasteiger partial charge in [0.2, 0.25) is 0 Å². The molecule has 0 aromatic carbocycles. The van der Waals surface area contributed by atoms with Gasteiger partial charge in [-0.2, -0.15) is 0 Å². The van der Waals surface area contributed by atoms with E-state index in [0.29, 0.717) is 11.5 Å². The van der Waals surface area contributed by atoms with Crippen LogP contribution in [0.2, 0.25) is 0 Å². The second-order valence-electron chi connectivity index (χ2n) is 5.35. The smallest absolute Gasteiger partial charge is 0.327 e. The van der Waals surface area contributed by atoms with Gasteiger partial charge in [0.15, 0.2) is 6.23 Å². The number of H-pyrrole nitrogens is 2. The summed E-state index contributed by atoms with van der Waals surface area (Å²) in [7, 11) is 3.12. The average molecular weight is 314 g/mol. The third-order valence-electron chi connectivity index (χ3n) is 4.00. The molecular weight excluding hydrogens is 296 g/mol. The first-order chi connectivity index (χ1) is 10.5. The monoisotopic (exact) mass is 314 g/mol. The van der Waals surface area contributed by atoms with Crippen LogP contribution in [0.1, 0.15) is 0 Å². The van der Waals surface area contributed by atoms with E-state index in [2.05, 4.69) is 9.97 Å². The van der Waals surface area contributed by atoms with Gasteiger partial charge in [0.25, 0.3) is 5.56 Å². The molecule has 0 spiro atoms. The molecule has 10 heteroatoms. The Balaban J connectivity index is 2.02. The SMILES string of the molecule is CO[C@@H]1[C@H](O)[C@@H](CO)O[C@H]1N1CN(C)c2c1[nH]c(=O)[nH]c2=O. The summed E-state index contributed by atoms with van der Waals surface area (Å²) < 4.78 is 10.9. The molecule has 3 rings (SSSR count). The molecule has 4 atom stereocenters. The maximum atomic E-state index is 11.9. The minimum absolute atomic E-state index is 0.272. The minimum Gasteiger partial charge on any atom is -0.394 e. The van der Waals surface area contributed by atoms with E-state index in [-0.39, 0.29) is 13.3 Å². The van der Waals surface area contributed by atoms with Gasteiger partial charge in [-0.3, -0.25) is 14.8 Å². The lowest BCUT2D eigenvalue weighted by molar-refractivity contribution is -0.0226. The molecule has 0 radical (unpaired) electrons. The van der Waals surface area contributed by atoms with Gasteiger partial charge in [-0.25, -0.2) is 4.79 Å². The number of hydrogen-bond acceptors (Lipinski definition) is 8. The summed E-state index contributed by atoms with van der Waals surface area (Å²) in [6.45, 7) is -0.0896. The van der Waals surface area contributed by atoms with Gasteiger partial charge in [-0.05, 0) is 0 Å². The molecule has 1 saturated heterocycles. The largest absolute Gasteiger partial charge is 0.394 e. The molecule has 22 heavy (non-hydrogen) atoms. The van der Waals surface area contributed by atoms with Crippen LogP contribution in [0, 0.1) is 0 Å². The Morgan fingerprint density at radius 3 is 2.77 bits per heavy atom. The fourth-order valence-corrected chi connectivity index (χ4v) is 2.98. The van der Waals surface area contributed by atoms with Gasteiger partial charge in [0.05, 0.1) is 13.3 Å². The van der Waals surface area contributed by atoms with Gasteiger partial charge >= 0.3 is 5.69 Å². The van der Waals surface area contributed by atoms with Crippen LogP contribution in [0.5, 0.6) is 0 Å². The Labute approximate surface area is 124 Å². The molecule has 10 nitrogen and oxygen atoms in total. The van der Waals surface area contributed by atoms with Crippen LogP contribution in [0.15, 0.2) is 9.59 Å². The number of anilines is 2. The van der Waals surface area contributed by atoms with Gasteiger partial charge < -0.3 is 29.5 Å². The molecule has 1 aromatic heterocycles. The third-order valence-corrected chi connectivity index (χ3v) is 4.00. The summed E-state index contributed by atoms with van der Waals surface area (Å²) in [6.07, 6.45) is -3.27. The van der Waals surface area contributed by atoms with E-state index in [9.17, 15) is 19.8 Å². The lowest BCUT2D eigenvalue weighted by Gasteiger charge is -2.29. The first-order valence-electron chi connectivity index (χ1n) is 6.79. The highest BCUT2D eigenvalue weighted by atomic mass is 16.6. The molecular formula is C12H18N4O6. The molecule has 2 aliphatic rings. The van der Waals surface area contributed by atoms with Crippen molar-refractivity contribution in [1.29, 1.82) is 0 Å². The Morgan fingerprint density at radius 2 is 2.14 bits per heavy atom. The van der Waals surface area contributed by atoms with Crippen molar-refractivity contribution in [1.82, 2.24) is 9.97 Å². The summed E-state index contributed by atoms with van der Waals surface area (Å²) in [5.74, 6) is 0.300. The number of rotatable bonds is 3. The first kappa shape index (κ1) is 15.0. The molecule has 0 saturated carbocycles. The maximum Gasteiger partial charge on any atom is 0.327 e. The van der Waals surface area contributed by atoms with E-state index in [0.717, 1.165) is 0 Å². The van der Waals surface area contributed by atoms with E-state index in [4.69, 9.17) is 9.47 Å². The summed E-state index contributed by atoms with van der Waals surface area (Å²) in [5, 5.41) is 19.4. The van der Waals surface area contributed by atoms with E-state index in [1.54, 1.807) is 16.8 Å². The predicted octanol–water partition coefficient (Wildman–Crippen LogP) is -2.63. The zero-order valence-corrected chi connectivity index (χ0v) is 12.1. The van der Waals surface area contributed by atoms with Crippen molar-refractivity contribution in [3.05, 3.63) is 20.8 Å². The highest BCUT2D eigenvalue weighted by Crippen LogP contribution is 2.35. The summed E-state index contributed by atoms with van der Waals surface area (Å²) >= 11 is 0. The van der Waals surface area contributed by atoms with Crippen LogP contribution in [-0.2, 0) is 9.47 Å². The average Bonchev–Trinajstić information content (AvgIpc) is 2.96. The van der Waals surface area contributed by atoms with Crippen molar-refractivity contribution in [2.24, 2.45) is 0 Å². The number of nitrogens with one attached hydrogen (secondary N) is 2. The Hall–Kier alpha value is -1.88. The number of ether oxygens (including phenoxy) is 2. The fourth-order valence-electron chi connectivity index (χ4n) is 2.98. The summed E-state index contributed by atoms with van der Waals surface area (Å²) in [5.41, 5.74) is -0.828. The van der Waals surface area contributed by atoms with Crippen LogP contribution in [0.25, 0.3) is 0 Å². The topological polar surface area (TPSA) is 131 Å². The number of aromatic amines is 2. The highest BCUT2D eigenvalue weighted by Gasteiger charge is 2.49. The quantitative estimate of drug-likeness (QED) is 0.476. The van der Waals surface area contributed by atoms with Crippen molar-refractivity contribution >= 4 is 11.5 Å². The van der Waals surface area contributed by atoms with Crippen molar-refractivity contribution in [2.75, 3.05) is 37.2 Å². The molecule has 1 aromatic rings. The molecule has 122 valence electrons. The number of methoxy groups -OCH3 is 1. The first-order valence-corrected chi connectivity index (χ1v) is 6.79. The number of aromatic nitrogens is 2. The number of nitrogens with zero attached hydrogens (tertiary/aromatic N) is 2. The maximum absolute atomic E-state index is 11.9. The van der Waals surface area contributed by atoms with Crippen LogP contribution < -0.4 is 21.0 Å². The molecule has 0 amide bonds. The van der Waals surface area contributed by atoms with Crippen LogP contribution in [-0.4, -0.2) is 72.2 Å². The molecule has 0 bridgehead atoms. The summed E-state index contributed by atoms with van der Waals surface area (Å²) in [6, 6.07) is 0. The Kier molecular flexibility index (Phi) is 3.68. The molecule has 0 aliphatic carbocycles. The number of hydrogen-bond donors (Lipinski definition) is 4. The fraction of sp³-hybridized carbons (Fsp3) is 0.667. The molecule has 1 fully saturated rings. The predicted molar refractivity (Wildman–Crippen MR) is 76.0 cm³/mol. The van der Waals surface area contributed by atoms with Gasteiger partial charge in [0, 0.05) is 14.2 Å². The standard InChI is InChI=1S/C12H18N4O6/c1-15-4-16(9-6(15)10(19)14-12(20)13-9)11-8(21-2)7(18)5(3-17)22-11/h5,7-8,11,17-18H,3-4H2,1-2H3,(H2,13,14,19,20)/t5-,7-,8-,11-/m1/s1. The number of aliphatic hydroxyl groups excluding tert-OH is 2. The van der Waals surface area contributed by atoms with Crippen molar-refractivity contribution in [2.45, 2.75) is 24.5 Å². The minimum atomic E-state index is -1.01. The van der Waals surface area contributed by atoms with Gasteiger partial charge in [0.1, 0.15) is 29.8 Å². The zero-order chi connectivity index (χ0) is 16.0. The lowest BCUT2D eigenvalue weighted by Crippen LogP contribution is -2.46. The van der Waals surface area contributed by atoms with Gasteiger partial charge in [-0.15, -0.1) is 0 Å². The van der Waals surface area contributed by atoms with Crippen molar-refractivity contribution in [3.63, 3.8) is 0 Å². The van der Waals surface area contributed by atoms with Crippen LogP contribution in [0.4, 0.5) is 11.5 Å². The summed E-state index contributed by atoms with van der Waals surface area (Å²) in [4.78, 5) is 31.5. The zero-order valence-electron chi connectivity index (χ0n) is 12.1. The van der Waals surface area contributed by atoms with Crippen molar-refractivity contribution in [3.8, 4) is 0 Å². The highest BCUT2D eigenvalue weighted by molar-refractivity contribution is 5.71. The Morgan fingerprint density at radius 1 is 1.41 bits per heavy atom. The normalized spacial score (nSPS) is 30.9. The van der Waals surface area contributed by atoms with Gasteiger partial charge in [-0.1, -0.05) is 0 Å². The van der Waals surface area contributed by atoms with E-state index in [1.807, 2.05) is 0 Å². The third kappa shape index (κ3) is 2.11. The van der Waals surface area contributed by atoms with Crippen LogP contribution >= 0.6 is 0 Å². The van der Waals surface area contributed by atoms with Crippen LogP contribution in [0.3, 0.4) is 0 Å². The molecule has 0 unspecified atom stereocenters. The van der Waals surface area contributed by atoms with E-state index >= 15 is 0 Å². The molecule has 3 heterocycles. The number of fused-ring (bicyclic) bond motifs is 1. The van der Waals surface area contributed by atoms with Crippen molar-refractivity contribution < 1.29 is 19.7 Å². The lowest BCUT2D eigenvalue weighted by atomic mass is 10.1. The second kappa shape index (κ2) is 5.39. The molecule has 2 aliphatic heterocycles. The second-order valence-corrected chi connectivity index (χ2v) is 5.35. The van der Waals surface area contributed by atoms with E-state index < -0.39 is 35.8 Å². The van der Waals surface area contributed by atoms with E-state index in [1.165, 1.54) is 7.11 Å². The molecule has 4 N–H and O–H groups in total. The number of aliphatic hydroxyl groups is 2. The Bertz CT molecular complexity index is 672.